The van der Waals surface area contributed by atoms with E-state index in [-0.39, 0.29) is 12.1 Å². The summed E-state index contributed by atoms with van der Waals surface area (Å²) in [6, 6.07) is 6.10. The van der Waals surface area contributed by atoms with Crippen molar-refractivity contribution in [2.75, 3.05) is 7.05 Å². The molecule has 2 unspecified atom stereocenters. The minimum Gasteiger partial charge on any atom is -0.326 e. The summed E-state index contributed by atoms with van der Waals surface area (Å²) in [5.41, 5.74) is 10.1. The van der Waals surface area contributed by atoms with Crippen LogP contribution >= 0.6 is 11.3 Å². The van der Waals surface area contributed by atoms with E-state index >= 15 is 0 Å². The number of likely N-dealkylation sites (N-methyl/N-ethyl adjacent to an activating group) is 1. The summed E-state index contributed by atoms with van der Waals surface area (Å²) in [4.78, 5) is 12.3. The van der Waals surface area contributed by atoms with Crippen molar-refractivity contribution in [2.24, 2.45) is 5.73 Å². The van der Waals surface area contributed by atoms with Gasteiger partial charge < -0.3 is 5.73 Å². The van der Waals surface area contributed by atoms with Gasteiger partial charge in [0.2, 0.25) is 0 Å². The molecule has 0 aliphatic rings. The van der Waals surface area contributed by atoms with Gasteiger partial charge in [-0.3, -0.25) is 9.88 Å². The van der Waals surface area contributed by atoms with Crippen LogP contribution in [0, 0.1) is 6.92 Å². The topological polar surface area (TPSA) is 55.0 Å². The van der Waals surface area contributed by atoms with Crippen molar-refractivity contribution in [2.45, 2.75) is 32.5 Å². The van der Waals surface area contributed by atoms with Crippen molar-refractivity contribution in [3.05, 3.63) is 46.2 Å². The molecular weight excluding hydrogens is 256 g/mol. The van der Waals surface area contributed by atoms with E-state index in [0.717, 1.165) is 17.9 Å². The Balaban J connectivity index is 2.18. The third-order valence-corrected chi connectivity index (χ3v) is 4.12. The molecule has 4 nitrogen and oxygen atoms in total. The molecule has 0 fully saturated rings. The van der Waals surface area contributed by atoms with Crippen LogP contribution in [0.1, 0.15) is 29.2 Å². The van der Waals surface area contributed by atoms with E-state index in [9.17, 15) is 0 Å². The summed E-state index contributed by atoms with van der Waals surface area (Å²) in [5, 5.41) is 0. The van der Waals surface area contributed by atoms with E-state index in [1.54, 1.807) is 11.3 Å². The molecule has 0 spiro atoms. The quantitative estimate of drug-likeness (QED) is 0.911. The first-order valence-corrected chi connectivity index (χ1v) is 7.23. The van der Waals surface area contributed by atoms with Crippen LogP contribution in [-0.2, 0) is 6.54 Å². The van der Waals surface area contributed by atoms with Gasteiger partial charge in [0.15, 0.2) is 0 Å². The van der Waals surface area contributed by atoms with E-state index in [4.69, 9.17) is 5.73 Å². The number of hydrogen-bond donors (Lipinski definition) is 1. The molecule has 2 N–H and O–H groups in total. The van der Waals surface area contributed by atoms with Crippen molar-refractivity contribution in [3.63, 3.8) is 0 Å². The fraction of sp³-hybridized carbons (Fsp3) is 0.429. The molecule has 2 aromatic heterocycles. The van der Waals surface area contributed by atoms with Gasteiger partial charge in [0.25, 0.3) is 0 Å². The lowest BCUT2D eigenvalue weighted by molar-refractivity contribution is 0.208. The Morgan fingerprint density at radius 1 is 1.37 bits per heavy atom. The van der Waals surface area contributed by atoms with Crippen LogP contribution < -0.4 is 5.73 Å². The van der Waals surface area contributed by atoms with E-state index in [1.165, 1.54) is 4.88 Å². The molecule has 0 saturated heterocycles. The molecule has 102 valence electrons. The van der Waals surface area contributed by atoms with E-state index in [2.05, 4.69) is 21.9 Å². The SMILES string of the molecule is Cc1ncsc1CN(C)C(c1ccccn1)C(C)N. The van der Waals surface area contributed by atoms with Crippen LogP contribution in [0.25, 0.3) is 0 Å². The van der Waals surface area contributed by atoms with Crippen molar-refractivity contribution >= 4 is 11.3 Å². The lowest BCUT2D eigenvalue weighted by Crippen LogP contribution is -2.37. The third kappa shape index (κ3) is 3.37. The summed E-state index contributed by atoms with van der Waals surface area (Å²) in [5.74, 6) is 0. The second-order valence-corrected chi connectivity index (χ2v) is 5.77. The highest BCUT2D eigenvalue weighted by atomic mass is 32.1. The highest BCUT2D eigenvalue weighted by Crippen LogP contribution is 2.24. The first-order chi connectivity index (χ1) is 9.09. The molecular formula is C14H20N4S. The molecule has 0 bridgehead atoms. The zero-order valence-corrected chi connectivity index (χ0v) is 12.4. The van der Waals surface area contributed by atoms with Crippen LogP contribution in [0.15, 0.2) is 29.9 Å². The smallest absolute Gasteiger partial charge is 0.0798 e. The predicted octanol–water partition coefficient (Wildman–Crippen LogP) is 2.37. The molecule has 0 aliphatic heterocycles. The Bertz CT molecular complexity index is 509. The summed E-state index contributed by atoms with van der Waals surface area (Å²) in [6.07, 6.45) is 1.82. The second-order valence-electron chi connectivity index (χ2n) is 4.83. The largest absolute Gasteiger partial charge is 0.326 e. The van der Waals surface area contributed by atoms with Gasteiger partial charge in [-0.15, -0.1) is 11.3 Å². The fourth-order valence-electron chi connectivity index (χ4n) is 2.25. The molecule has 0 saturated carbocycles. The van der Waals surface area contributed by atoms with Crippen LogP contribution in [0.3, 0.4) is 0 Å². The molecule has 2 rings (SSSR count). The Morgan fingerprint density at radius 2 is 2.16 bits per heavy atom. The first kappa shape index (κ1) is 14.1. The average Bonchev–Trinajstić information content (AvgIpc) is 2.76. The standard InChI is InChI=1S/C14H20N4S/c1-10(15)14(12-6-4-5-7-16-12)18(3)8-13-11(2)17-9-19-13/h4-7,9-10,14H,8,15H2,1-3H3. The maximum absolute atomic E-state index is 6.14. The van der Waals surface area contributed by atoms with Crippen LogP contribution in [0.5, 0.6) is 0 Å². The van der Waals surface area contributed by atoms with E-state index in [1.807, 2.05) is 43.8 Å². The van der Waals surface area contributed by atoms with Crippen LogP contribution in [0.4, 0.5) is 0 Å². The molecule has 2 heterocycles. The highest BCUT2D eigenvalue weighted by molar-refractivity contribution is 7.09. The molecule has 19 heavy (non-hydrogen) atoms. The average molecular weight is 276 g/mol. The van der Waals surface area contributed by atoms with Gasteiger partial charge in [0.1, 0.15) is 0 Å². The van der Waals surface area contributed by atoms with Crippen molar-refractivity contribution < 1.29 is 0 Å². The Kier molecular flexibility index (Phi) is 4.63. The number of hydrogen-bond acceptors (Lipinski definition) is 5. The second kappa shape index (κ2) is 6.23. The number of aryl methyl sites for hydroxylation is 1. The number of pyridine rings is 1. The lowest BCUT2D eigenvalue weighted by atomic mass is 10.0. The maximum Gasteiger partial charge on any atom is 0.0798 e. The van der Waals surface area contributed by atoms with Gasteiger partial charge in [-0.05, 0) is 33.0 Å². The molecule has 2 atom stereocenters. The normalized spacial score (nSPS) is 14.6. The molecule has 0 aromatic carbocycles. The van der Waals surface area contributed by atoms with Gasteiger partial charge in [-0.1, -0.05) is 6.07 Å². The number of thiazole rings is 1. The fourth-order valence-corrected chi connectivity index (χ4v) is 3.09. The summed E-state index contributed by atoms with van der Waals surface area (Å²) >= 11 is 1.69. The molecule has 0 aliphatic carbocycles. The van der Waals surface area contributed by atoms with Gasteiger partial charge >= 0.3 is 0 Å². The number of rotatable bonds is 5. The molecule has 0 radical (unpaired) electrons. The van der Waals surface area contributed by atoms with E-state index < -0.39 is 0 Å². The van der Waals surface area contributed by atoms with Gasteiger partial charge in [0, 0.05) is 23.7 Å². The summed E-state index contributed by atoms with van der Waals surface area (Å²) < 4.78 is 0. The lowest BCUT2D eigenvalue weighted by Gasteiger charge is -2.30. The minimum absolute atomic E-state index is 0.0214. The van der Waals surface area contributed by atoms with Crippen molar-refractivity contribution in [1.82, 2.24) is 14.9 Å². The third-order valence-electron chi connectivity index (χ3n) is 3.20. The predicted molar refractivity (Wildman–Crippen MR) is 78.9 cm³/mol. The zero-order valence-electron chi connectivity index (χ0n) is 11.6. The monoisotopic (exact) mass is 276 g/mol. The molecule has 0 amide bonds. The summed E-state index contributed by atoms with van der Waals surface area (Å²) in [7, 11) is 2.09. The van der Waals surface area contributed by atoms with E-state index in [0.29, 0.717) is 0 Å². The van der Waals surface area contributed by atoms with Crippen LogP contribution in [-0.4, -0.2) is 28.0 Å². The summed E-state index contributed by atoms with van der Waals surface area (Å²) in [6.45, 7) is 4.91. The Labute approximate surface area is 118 Å². The van der Waals surface area contributed by atoms with Gasteiger partial charge in [-0.2, -0.15) is 0 Å². The van der Waals surface area contributed by atoms with Crippen molar-refractivity contribution in [1.29, 1.82) is 0 Å². The van der Waals surface area contributed by atoms with Crippen LogP contribution in [0.2, 0.25) is 0 Å². The molecule has 2 aromatic rings. The maximum atomic E-state index is 6.14. The highest BCUT2D eigenvalue weighted by Gasteiger charge is 2.23. The first-order valence-electron chi connectivity index (χ1n) is 6.35. The van der Waals surface area contributed by atoms with Gasteiger partial charge in [0.05, 0.1) is 22.9 Å². The van der Waals surface area contributed by atoms with Crippen molar-refractivity contribution in [3.8, 4) is 0 Å². The van der Waals surface area contributed by atoms with Gasteiger partial charge in [-0.25, -0.2) is 4.98 Å². The number of nitrogens with two attached hydrogens (primary N) is 1. The minimum atomic E-state index is 0.0214. The molecule has 5 heteroatoms. The number of aromatic nitrogens is 2. The zero-order chi connectivity index (χ0) is 13.8. The number of nitrogens with zero attached hydrogens (tertiary/aromatic N) is 3. The Hall–Kier alpha value is -1.30. The Morgan fingerprint density at radius 3 is 2.68 bits per heavy atom.